The molecule has 0 aliphatic heterocycles. The number of hydrogen-bond acceptors (Lipinski definition) is 2. The summed E-state index contributed by atoms with van der Waals surface area (Å²) in [4.78, 5) is 11.4. The van der Waals surface area contributed by atoms with Crippen LogP contribution in [0, 0.1) is 0 Å². The summed E-state index contributed by atoms with van der Waals surface area (Å²) >= 11 is 4.71. The molecule has 1 rings (SSSR count). The van der Waals surface area contributed by atoms with E-state index in [9.17, 15) is 4.79 Å². The molecule has 0 bridgehead atoms. The van der Waals surface area contributed by atoms with Crippen LogP contribution in [-0.2, 0) is 5.33 Å². The SMILES string of the molecule is CCSC(=O)c1ccc(CBr)cc1. The van der Waals surface area contributed by atoms with Crippen LogP contribution in [0.3, 0.4) is 0 Å². The van der Waals surface area contributed by atoms with Gasteiger partial charge in [-0.3, -0.25) is 4.79 Å². The molecule has 0 spiro atoms. The third kappa shape index (κ3) is 3.16. The van der Waals surface area contributed by atoms with Crippen LogP contribution in [0.15, 0.2) is 24.3 Å². The first kappa shape index (κ1) is 10.8. The van der Waals surface area contributed by atoms with Crippen LogP contribution >= 0.6 is 27.7 Å². The maximum absolute atomic E-state index is 11.4. The molecule has 0 unspecified atom stereocenters. The van der Waals surface area contributed by atoms with E-state index in [2.05, 4.69) is 15.9 Å². The van der Waals surface area contributed by atoms with Gasteiger partial charge in [0, 0.05) is 10.9 Å². The zero-order valence-corrected chi connectivity index (χ0v) is 9.82. The van der Waals surface area contributed by atoms with Gasteiger partial charge in [0.1, 0.15) is 0 Å². The zero-order valence-electron chi connectivity index (χ0n) is 7.42. The molecule has 0 aliphatic carbocycles. The molecule has 1 aromatic rings. The molecule has 0 aromatic heterocycles. The van der Waals surface area contributed by atoms with E-state index < -0.39 is 0 Å². The van der Waals surface area contributed by atoms with Crippen molar-refractivity contribution in [2.45, 2.75) is 12.3 Å². The summed E-state index contributed by atoms with van der Waals surface area (Å²) in [6, 6.07) is 7.69. The maximum Gasteiger partial charge on any atom is 0.219 e. The molecule has 0 N–H and O–H groups in total. The first-order valence-corrected chi connectivity index (χ1v) is 6.20. The molecule has 13 heavy (non-hydrogen) atoms. The Kier molecular flexibility index (Phi) is 4.53. The van der Waals surface area contributed by atoms with E-state index in [-0.39, 0.29) is 5.12 Å². The van der Waals surface area contributed by atoms with Gasteiger partial charge in [0.05, 0.1) is 0 Å². The van der Waals surface area contributed by atoms with E-state index in [1.165, 1.54) is 17.3 Å². The largest absolute Gasteiger partial charge is 0.282 e. The second-order valence-corrected chi connectivity index (χ2v) is 4.35. The van der Waals surface area contributed by atoms with Gasteiger partial charge in [0.15, 0.2) is 0 Å². The Morgan fingerprint density at radius 3 is 2.46 bits per heavy atom. The van der Waals surface area contributed by atoms with Crippen molar-refractivity contribution in [1.29, 1.82) is 0 Å². The van der Waals surface area contributed by atoms with Crippen LogP contribution in [-0.4, -0.2) is 10.9 Å². The number of alkyl halides is 1. The fourth-order valence-electron chi connectivity index (χ4n) is 0.944. The topological polar surface area (TPSA) is 17.1 Å². The Balaban J connectivity index is 2.74. The third-order valence-corrected chi connectivity index (χ3v) is 3.05. The van der Waals surface area contributed by atoms with E-state index >= 15 is 0 Å². The molecule has 1 aromatic carbocycles. The van der Waals surface area contributed by atoms with Gasteiger partial charge in [-0.1, -0.05) is 58.9 Å². The molecule has 3 heteroatoms. The Bertz CT molecular complexity index is 281. The zero-order chi connectivity index (χ0) is 9.68. The Morgan fingerprint density at radius 2 is 2.00 bits per heavy atom. The van der Waals surface area contributed by atoms with E-state index in [0.29, 0.717) is 0 Å². The Labute approximate surface area is 91.0 Å². The highest BCUT2D eigenvalue weighted by atomic mass is 79.9. The number of thioether (sulfide) groups is 1. The van der Waals surface area contributed by atoms with E-state index in [0.717, 1.165) is 16.6 Å². The van der Waals surface area contributed by atoms with Crippen LogP contribution in [0.1, 0.15) is 22.8 Å². The van der Waals surface area contributed by atoms with E-state index in [4.69, 9.17) is 0 Å². The molecular formula is C10H11BrOS. The average Bonchev–Trinajstić information content (AvgIpc) is 2.18. The van der Waals surface area contributed by atoms with Gasteiger partial charge in [0.2, 0.25) is 5.12 Å². The molecule has 0 aliphatic rings. The highest BCUT2D eigenvalue weighted by Crippen LogP contribution is 2.14. The van der Waals surface area contributed by atoms with Crippen molar-refractivity contribution in [2.24, 2.45) is 0 Å². The van der Waals surface area contributed by atoms with Gasteiger partial charge in [-0.25, -0.2) is 0 Å². The summed E-state index contributed by atoms with van der Waals surface area (Å²) in [6.45, 7) is 1.98. The molecule has 0 atom stereocenters. The minimum atomic E-state index is 0.156. The molecule has 0 amide bonds. The summed E-state index contributed by atoms with van der Waals surface area (Å²) in [5.41, 5.74) is 1.98. The highest BCUT2D eigenvalue weighted by Gasteiger charge is 2.03. The minimum absolute atomic E-state index is 0.156. The van der Waals surface area contributed by atoms with Crippen molar-refractivity contribution in [2.75, 3.05) is 5.75 Å². The number of rotatable bonds is 3. The smallest absolute Gasteiger partial charge is 0.219 e. The van der Waals surface area contributed by atoms with Crippen LogP contribution in [0.5, 0.6) is 0 Å². The van der Waals surface area contributed by atoms with Gasteiger partial charge in [-0.2, -0.15) is 0 Å². The maximum atomic E-state index is 11.4. The van der Waals surface area contributed by atoms with E-state index in [1.54, 1.807) is 0 Å². The van der Waals surface area contributed by atoms with Crippen LogP contribution in [0.25, 0.3) is 0 Å². The van der Waals surface area contributed by atoms with Gasteiger partial charge in [-0.15, -0.1) is 0 Å². The van der Waals surface area contributed by atoms with Gasteiger partial charge in [-0.05, 0) is 11.3 Å². The summed E-state index contributed by atoms with van der Waals surface area (Å²) in [5, 5.41) is 0.992. The van der Waals surface area contributed by atoms with Crippen LogP contribution in [0.4, 0.5) is 0 Å². The molecule has 1 nitrogen and oxygen atoms in total. The van der Waals surface area contributed by atoms with Gasteiger partial charge >= 0.3 is 0 Å². The third-order valence-electron chi connectivity index (χ3n) is 1.62. The number of halogens is 1. The fourth-order valence-corrected chi connectivity index (χ4v) is 1.88. The summed E-state index contributed by atoms with van der Waals surface area (Å²) in [7, 11) is 0. The molecule has 0 saturated carbocycles. The summed E-state index contributed by atoms with van der Waals surface area (Å²) < 4.78 is 0. The lowest BCUT2D eigenvalue weighted by Crippen LogP contribution is -1.93. The molecule has 0 saturated heterocycles. The van der Waals surface area contributed by atoms with Crippen LogP contribution < -0.4 is 0 Å². The first-order chi connectivity index (χ1) is 6.27. The number of hydrogen-bond donors (Lipinski definition) is 0. The molecular weight excluding hydrogens is 248 g/mol. The highest BCUT2D eigenvalue weighted by molar-refractivity contribution is 9.08. The number of benzene rings is 1. The second-order valence-electron chi connectivity index (χ2n) is 2.55. The predicted molar refractivity (Wildman–Crippen MR) is 61.5 cm³/mol. The molecule has 70 valence electrons. The van der Waals surface area contributed by atoms with Crippen molar-refractivity contribution in [3.8, 4) is 0 Å². The van der Waals surface area contributed by atoms with Gasteiger partial charge in [0.25, 0.3) is 0 Å². The van der Waals surface area contributed by atoms with Crippen molar-refractivity contribution in [3.05, 3.63) is 35.4 Å². The van der Waals surface area contributed by atoms with Crippen molar-refractivity contribution >= 4 is 32.8 Å². The van der Waals surface area contributed by atoms with Gasteiger partial charge < -0.3 is 0 Å². The number of carbonyl (C=O) groups is 1. The molecule has 0 fully saturated rings. The summed E-state index contributed by atoms with van der Waals surface area (Å²) in [6.07, 6.45) is 0. The minimum Gasteiger partial charge on any atom is -0.282 e. The van der Waals surface area contributed by atoms with Crippen LogP contribution in [0.2, 0.25) is 0 Å². The Hall–Kier alpha value is -0.280. The lowest BCUT2D eigenvalue weighted by molar-refractivity contribution is 0.108. The normalized spacial score (nSPS) is 10.0. The lowest BCUT2D eigenvalue weighted by atomic mass is 10.2. The van der Waals surface area contributed by atoms with Crippen molar-refractivity contribution in [3.63, 3.8) is 0 Å². The Morgan fingerprint density at radius 1 is 1.38 bits per heavy atom. The van der Waals surface area contributed by atoms with Crippen molar-refractivity contribution in [1.82, 2.24) is 0 Å². The second kappa shape index (κ2) is 5.45. The van der Waals surface area contributed by atoms with Crippen molar-refractivity contribution < 1.29 is 4.79 Å². The fraction of sp³-hybridized carbons (Fsp3) is 0.300. The monoisotopic (exact) mass is 258 g/mol. The lowest BCUT2D eigenvalue weighted by Gasteiger charge is -1.99. The predicted octanol–water partition coefficient (Wildman–Crippen LogP) is 3.47. The number of carbonyl (C=O) groups excluding carboxylic acids is 1. The van der Waals surface area contributed by atoms with E-state index in [1.807, 2.05) is 31.2 Å². The first-order valence-electron chi connectivity index (χ1n) is 4.10. The molecule has 0 heterocycles. The summed E-state index contributed by atoms with van der Waals surface area (Å²) in [5.74, 6) is 0.832. The molecule has 0 radical (unpaired) electrons. The average molecular weight is 259 g/mol. The standard InChI is InChI=1S/C10H11BrOS/c1-2-13-10(12)9-5-3-8(7-11)4-6-9/h3-6H,2,7H2,1H3. The quantitative estimate of drug-likeness (QED) is 0.773.